The number of aryl methyl sites for hydroxylation is 1. The van der Waals surface area contributed by atoms with Crippen LogP contribution in [0.4, 0.5) is 5.69 Å². The van der Waals surface area contributed by atoms with E-state index < -0.39 is 10.0 Å². The maximum atomic E-state index is 12.7. The number of nitrogens with one attached hydrogen (secondary N) is 1. The third kappa shape index (κ3) is 5.47. The molecule has 0 saturated carbocycles. The van der Waals surface area contributed by atoms with E-state index in [0.29, 0.717) is 17.7 Å². The van der Waals surface area contributed by atoms with Crippen LogP contribution in [0.15, 0.2) is 59.5 Å². The molecule has 0 spiro atoms. The van der Waals surface area contributed by atoms with Crippen LogP contribution in [0.3, 0.4) is 0 Å². The zero-order valence-electron chi connectivity index (χ0n) is 15.8. The molecule has 0 radical (unpaired) electrons. The van der Waals surface area contributed by atoms with Gasteiger partial charge in [-0.05, 0) is 45.3 Å². The molecule has 1 heterocycles. The fourth-order valence-corrected chi connectivity index (χ4v) is 3.67. The Morgan fingerprint density at radius 2 is 1.64 bits per heavy atom. The van der Waals surface area contributed by atoms with Crippen molar-refractivity contribution < 1.29 is 18.0 Å². The monoisotopic (exact) mass is 399 g/mol. The number of pyridine rings is 1. The molecule has 0 bridgehead atoms. The molecule has 7 nitrogen and oxygen atoms in total. The van der Waals surface area contributed by atoms with Crippen molar-refractivity contribution in [3.63, 3.8) is 0 Å². The van der Waals surface area contributed by atoms with Crippen LogP contribution in [0.2, 0.25) is 0 Å². The smallest absolute Gasteiger partial charge is 0.304 e. The summed E-state index contributed by atoms with van der Waals surface area (Å²) in [5.41, 5.74) is 3.04. The highest BCUT2D eigenvalue weighted by molar-refractivity contribution is 7.92. The van der Waals surface area contributed by atoms with Crippen LogP contribution in [0.25, 0.3) is 10.9 Å². The van der Waals surface area contributed by atoms with Crippen molar-refractivity contribution >= 4 is 32.8 Å². The van der Waals surface area contributed by atoms with Gasteiger partial charge >= 0.3 is 6.15 Å². The number of aromatic nitrogens is 1. The van der Waals surface area contributed by atoms with Crippen molar-refractivity contribution in [2.24, 2.45) is 0 Å². The number of rotatable bonds is 5. The normalized spacial score (nSPS) is 10.9. The van der Waals surface area contributed by atoms with Gasteiger partial charge in [0.05, 0.1) is 21.8 Å². The maximum absolute atomic E-state index is 12.7. The minimum absolute atomic E-state index is 0.236. The van der Waals surface area contributed by atoms with Crippen LogP contribution in [0.5, 0.6) is 0 Å². The maximum Gasteiger partial charge on any atom is 0.373 e. The molecule has 0 aliphatic rings. The van der Waals surface area contributed by atoms with Gasteiger partial charge in [0.2, 0.25) is 0 Å². The van der Waals surface area contributed by atoms with E-state index in [2.05, 4.69) is 9.71 Å². The molecule has 146 valence electrons. The molecular formula is C20H21N3O4S. The minimum Gasteiger partial charge on any atom is -0.304 e. The average molecular weight is 399 g/mol. The minimum atomic E-state index is -3.66. The molecular weight excluding hydrogens is 378 g/mol. The molecule has 28 heavy (non-hydrogen) atoms. The summed E-state index contributed by atoms with van der Waals surface area (Å²) in [7, 11) is 0.282. The SMILES string of the molecule is Cc1ccc(S(=O)(=O)Nc2cccc3ccc(CN(C)C)nc23)cc1.O=C=O. The third-order valence-electron chi connectivity index (χ3n) is 3.83. The number of benzene rings is 2. The topological polar surface area (TPSA) is 96.4 Å². The van der Waals surface area contributed by atoms with Gasteiger partial charge < -0.3 is 4.90 Å². The zero-order valence-corrected chi connectivity index (χ0v) is 16.7. The van der Waals surface area contributed by atoms with Gasteiger partial charge in [-0.15, -0.1) is 0 Å². The highest BCUT2D eigenvalue weighted by atomic mass is 32.2. The number of hydrogen-bond acceptors (Lipinski definition) is 6. The third-order valence-corrected chi connectivity index (χ3v) is 5.21. The number of sulfonamides is 1. The molecule has 0 fully saturated rings. The Hall–Kier alpha value is -3.06. The summed E-state index contributed by atoms with van der Waals surface area (Å²) >= 11 is 0. The summed E-state index contributed by atoms with van der Waals surface area (Å²) < 4.78 is 28.0. The van der Waals surface area contributed by atoms with Gasteiger partial charge in [0.1, 0.15) is 0 Å². The van der Waals surface area contributed by atoms with E-state index in [0.717, 1.165) is 16.6 Å². The molecule has 0 saturated heterocycles. The highest BCUT2D eigenvalue weighted by Gasteiger charge is 2.16. The number of carbonyl (C=O) groups excluding carboxylic acids is 2. The fourth-order valence-electron chi connectivity index (χ4n) is 2.60. The van der Waals surface area contributed by atoms with Crippen molar-refractivity contribution in [3.8, 4) is 0 Å². The first-order chi connectivity index (χ1) is 13.3. The number of anilines is 1. The molecule has 3 rings (SSSR count). The largest absolute Gasteiger partial charge is 0.373 e. The standard InChI is InChI=1S/C19H21N3O2S.CO2/c1-14-7-11-17(12-8-14)25(23,24)21-18-6-4-5-15-9-10-16(13-22(2)3)20-19(15)18;2-1-3/h4-12,21H,13H2,1-3H3;. The second-order valence-electron chi connectivity index (χ2n) is 6.42. The van der Waals surface area contributed by atoms with Gasteiger partial charge in [-0.2, -0.15) is 9.59 Å². The molecule has 0 aliphatic heterocycles. The Morgan fingerprint density at radius 3 is 2.25 bits per heavy atom. The number of para-hydroxylation sites is 1. The second-order valence-corrected chi connectivity index (χ2v) is 8.10. The van der Waals surface area contributed by atoms with Crippen LogP contribution >= 0.6 is 0 Å². The van der Waals surface area contributed by atoms with E-state index >= 15 is 0 Å². The van der Waals surface area contributed by atoms with Crippen molar-refractivity contribution in [3.05, 3.63) is 65.9 Å². The van der Waals surface area contributed by atoms with Crippen LogP contribution < -0.4 is 4.72 Å². The van der Waals surface area contributed by atoms with E-state index in [1.54, 1.807) is 30.3 Å². The Morgan fingerprint density at radius 1 is 1.00 bits per heavy atom. The van der Waals surface area contributed by atoms with Gasteiger partial charge in [-0.3, -0.25) is 4.72 Å². The molecule has 0 atom stereocenters. The molecule has 2 aromatic carbocycles. The van der Waals surface area contributed by atoms with E-state index in [4.69, 9.17) is 9.59 Å². The summed E-state index contributed by atoms with van der Waals surface area (Å²) in [6, 6.07) is 16.2. The van der Waals surface area contributed by atoms with Gasteiger partial charge in [-0.1, -0.05) is 35.9 Å². The van der Waals surface area contributed by atoms with E-state index in [1.807, 2.05) is 50.2 Å². The number of fused-ring (bicyclic) bond motifs is 1. The van der Waals surface area contributed by atoms with Gasteiger partial charge in [0, 0.05) is 11.9 Å². The lowest BCUT2D eigenvalue weighted by Gasteiger charge is -2.13. The molecule has 3 aromatic rings. The lowest BCUT2D eigenvalue weighted by atomic mass is 10.2. The van der Waals surface area contributed by atoms with Gasteiger partial charge in [0.15, 0.2) is 0 Å². The van der Waals surface area contributed by atoms with Crippen molar-refractivity contribution in [2.45, 2.75) is 18.4 Å². The van der Waals surface area contributed by atoms with Crippen LogP contribution in [0, 0.1) is 6.92 Å². The zero-order chi connectivity index (χ0) is 20.7. The van der Waals surface area contributed by atoms with Crippen molar-refractivity contribution in [1.82, 2.24) is 9.88 Å². The second kappa shape index (κ2) is 9.23. The first kappa shape index (κ1) is 21.2. The van der Waals surface area contributed by atoms with Crippen molar-refractivity contribution in [1.29, 1.82) is 0 Å². The predicted octanol–water partition coefficient (Wildman–Crippen LogP) is 2.82. The van der Waals surface area contributed by atoms with E-state index in [-0.39, 0.29) is 11.0 Å². The summed E-state index contributed by atoms with van der Waals surface area (Å²) in [5.74, 6) is 0. The van der Waals surface area contributed by atoms with Gasteiger partial charge in [-0.25, -0.2) is 13.4 Å². The van der Waals surface area contributed by atoms with Crippen LogP contribution in [0.1, 0.15) is 11.3 Å². The quantitative estimate of drug-likeness (QED) is 0.709. The van der Waals surface area contributed by atoms with E-state index in [9.17, 15) is 8.42 Å². The molecule has 8 heteroatoms. The Bertz CT molecular complexity index is 1090. The fraction of sp³-hybridized carbons (Fsp3) is 0.200. The van der Waals surface area contributed by atoms with Crippen LogP contribution in [-0.2, 0) is 26.2 Å². The molecule has 0 unspecified atom stereocenters. The van der Waals surface area contributed by atoms with Crippen LogP contribution in [-0.4, -0.2) is 38.5 Å². The Balaban J connectivity index is 0.000000878. The van der Waals surface area contributed by atoms with Gasteiger partial charge in [0.25, 0.3) is 10.0 Å². The summed E-state index contributed by atoms with van der Waals surface area (Å²) in [6.45, 7) is 2.61. The lowest BCUT2D eigenvalue weighted by molar-refractivity contribution is -0.191. The molecule has 0 aliphatic carbocycles. The highest BCUT2D eigenvalue weighted by Crippen LogP contribution is 2.25. The number of nitrogens with zero attached hydrogens (tertiary/aromatic N) is 2. The number of hydrogen-bond donors (Lipinski definition) is 1. The first-order valence-electron chi connectivity index (χ1n) is 8.39. The summed E-state index contributed by atoms with van der Waals surface area (Å²) in [5, 5.41) is 0.895. The van der Waals surface area contributed by atoms with Crippen molar-refractivity contribution in [2.75, 3.05) is 18.8 Å². The molecule has 0 amide bonds. The average Bonchev–Trinajstić information content (AvgIpc) is 2.62. The molecule has 1 N–H and O–H groups in total. The summed E-state index contributed by atoms with van der Waals surface area (Å²) in [6.07, 6.45) is 0.250. The first-order valence-corrected chi connectivity index (χ1v) is 9.87. The Labute approximate surface area is 164 Å². The van der Waals surface area contributed by atoms with E-state index in [1.165, 1.54) is 0 Å². The molecule has 1 aromatic heterocycles. The predicted molar refractivity (Wildman–Crippen MR) is 106 cm³/mol. The Kier molecular flexibility index (Phi) is 7.00. The summed E-state index contributed by atoms with van der Waals surface area (Å²) in [4.78, 5) is 23.1. The lowest BCUT2D eigenvalue weighted by Crippen LogP contribution is -2.14.